The second kappa shape index (κ2) is 16.5. The zero-order chi connectivity index (χ0) is 32.3. The van der Waals surface area contributed by atoms with Gasteiger partial charge in [-0.15, -0.1) is 0 Å². The zero-order valence-corrected chi connectivity index (χ0v) is 26.3. The SMILES string of the molecule is COC(=O)c1ccc(C2C=C(C(=O)N(C)CC(OC)OC)OC(OCCN(CCO)S(=O)(=O)c3ccc(OC)cc3)C2)cc1. The van der Waals surface area contributed by atoms with E-state index in [1.165, 1.54) is 57.6 Å². The van der Waals surface area contributed by atoms with Gasteiger partial charge in [-0.2, -0.15) is 4.31 Å². The summed E-state index contributed by atoms with van der Waals surface area (Å²) < 4.78 is 59.9. The Kier molecular flexibility index (Phi) is 13.1. The number of ether oxygens (including phenoxy) is 6. The fourth-order valence-corrected chi connectivity index (χ4v) is 5.93. The summed E-state index contributed by atoms with van der Waals surface area (Å²) >= 11 is 0. The van der Waals surface area contributed by atoms with Crippen molar-refractivity contribution in [2.24, 2.45) is 0 Å². The van der Waals surface area contributed by atoms with E-state index in [0.717, 1.165) is 9.87 Å². The monoisotopic (exact) mass is 636 g/mol. The third-order valence-corrected chi connectivity index (χ3v) is 8.93. The Bertz CT molecular complexity index is 1360. The van der Waals surface area contributed by atoms with Crippen LogP contribution in [0.4, 0.5) is 0 Å². The lowest BCUT2D eigenvalue weighted by Crippen LogP contribution is -2.40. The minimum atomic E-state index is -3.95. The minimum absolute atomic E-state index is 0.0369. The van der Waals surface area contributed by atoms with Crippen molar-refractivity contribution in [2.45, 2.75) is 29.8 Å². The van der Waals surface area contributed by atoms with Gasteiger partial charge in [-0.1, -0.05) is 12.1 Å². The Hall–Kier alpha value is -3.53. The van der Waals surface area contributed by atoms with Gasteiger partial charge in [0.05, 0.1) is 44.4 Å². The number of hydrogen-bond acceptors (Lipinski definition) is 11. The number of esters is 1. The van der Waals surface area contributed by atoms with Crippen LogP contribution in [0.2, 0.25) is 0 Å². The molecule has 242 valence electrons. The fraction of sp³-hybridized carbons (Fsp3) is 0.467. The van der Waals surface area contributed by atoms with Crippen LogP contribution in [0.1, 0.15) is 28.3 Å². The van der Waals surface area contributed by atoms with Gasteiger partial charge in [-0.3, -0.25) is 4.79 Å². The van der Waals surface area contributed by atoms with Crippen LogP contribution in [0, 0.1) is 0 Å². The molecule has 0 saturated carbocycles. The first kappa shape index (κ1) is 35.0. The highest BCUT2D eigenvalue weighted by atomic mass is 32.2. The average Bonchev–Trinajstić information content (AvgIpc) is 3.05. The van der Waals surface area contributed by atoms with E-state index in [4.69, 9.17) is 28.4 Å². The van der Waals surface area contributed by atoms with E-state index in [9.17, 15) is 23.1 Å². The number of carbonyl (C=O) groups excluding carboxylic acids is 2. The Labute approximate surface area is 257 Å². The van der Waals surface area contributed by atoms with Crippen molar-refractivity contribution in [2.75, 3.05) is 68.3 Å². The molecule has 1 aliphatic rings. The Morgan fingerprint density at radius 1 is 1.00 bits per heavy atom. The number of nitrogens with zero attached hydrogens (tertiary/aromatic N) is 2. The highest BCUT2D eigenvalue weighted by molar-refractivity contribution is 7.89. The van der Waals surface area contributed by atoms with Crippen LogP contribution in [0.25, 0.3) is 0 Å². The number of carbonyl (C=O) groups is 2. The number of allylic oxidation sites excluding steroid dienone is 1. The summed E-state index contributed by atoms with van der Waals surface area (Å²) in [6.45, 7) is -0.566. The third kappa shape index (κ3) is 9.00. The second-order valence-corrected chi connectivity index (χ2v) is 11.7. The lowest BCUT2D eigenvalue weighted by Gasteiger charge is -2.32. The number of likely N-dealkylation sites (N-methyl/N-ethyl adjacent to an activating group) is 1. The topological polar surface area (TPSA) is 150 Å². The van der Waals surface area contributed by atoms with Gasteiger partial charge in [0, 0.05) is 46.7 Å². The van der Waals surface area contributed by atoms with E-state index >= 15 is 0 Å². The van der Waals surface area contributed by atoms with Crippen molar-refractivity contribution in [1.82, 2.24) is 9.21 Å². The van der Waals surface area contributed by atoms with Crippen LogP contribution in [0.15, 0.2) is 65.3 Å². The molecule has 44 heavy (non-hydrogen) atoms. The smallest absolute Gasteiger partial charge is 0.337 e. The van der Waals surface area contributed by atoms with Gasteiger partial charge >= 0.3 is 5.97 Å². The molecule has 2 aromatic rings. The molecule has 0 fully saturated rings. The molecular formula is C30H40N2O11S. The molecule has 3 rings (SSSR count). The quantitative estimate of drug-likeness (QED) is 0.213. The van der Waals surface area contributed by atoms with E-state index < -0.39 is 41.1 Å². The normalized spacial score (nSPS) is 16.8. The number of rotatable bonds is 16. The largest absolute Gasteiger partial charge is 0.497 e. The maximum absolute atomic E-state index is 13.4. The molecule has 0 radical (unpaired) electrons. The van der Waals surface area contributed by atoms with Gasteiger partial charge in [0.15, 0.2) is 12.0 Å². The van der Waals surface area contributed by atoms with Crippen LogP contribution >= 0.6 is 0 Å². The fourth-order valence-electron chi connectivity index (χ4n) is 4.51. The number of methoxy groups -OCH3 is 4. The van der Waals surface area contributed by atoms with E-state index in [1.54, 1.807) is 37.4 Å². The number of amides is 1. The summed E-state index contributed by atoms with van der Waals surface area (Å²) in [6, 6.07) is 12.7. The molecule has 1 aliphatic heterocycles. The van der Waals surface area contributed by atoms with Crippen LogP contribution in [-0.4, -0.2) is 116 Å². The van der Waals surface area contributed by atoms with Gasteiger partial charge in [-0.25, -0.2) is 13.2 Å². The number of aliphatic hydroxyl groups is 1. The Morgan fingerprint density at radius 3 is 2.23 bits per heavy atom. The molecule has 1 heterocycles. The number of benzene rings is 2. The van der Waals surface area contributed by atoms with Crippen LogP contribution in [-0.2, 0) is 38.5 Å². The summed E-state index contributed by atoms with van der Waals surface area (Å²) in [5.74, 6) is -0.688. The Balaban J connectivity index is 1.78. The van der Waals surface area contributed by atoms with Gasteiger partial charge in [0.25, 0.3) is 5.91 Å². The van der Waals surface area contributed by atoms with Gasteiger partial charge in [-0.05, 0) is 48.0 Å². The highest BCUT2D eigenvalue weighted by Gasteiger charge is 2.32. The number of hydrogen-bond donors (Lipinski definition) is 1. The lowest BCUT2D eigenvalue weighted by molar-refractivity contribution is -0.158. The molecule has 1 N–H and O–H groups in total. The van der Waals surface area contributed by atoms with Crippen LogP contribution < -0.4 is 4.74 Å². The third-order valence-electron chi connectivity index (χ3n) is 7.01. The summed E-state index contributed by atoms with van der Waals surface area (Å²) in [6.07, 6.45) is 0.444. The molecule has 0 bridgehead atoms. The molecule has 0 spiro atoms. The van der Waals surface area contributed by atoms with Crippen molar-refractivity contribution in [3.8, 4) is 5.75 Å². The van der Waals surface area contributed by atoms with Crippen molar-refractivity contribution in [1.29, 1.82) is 0 Å². The minimum Gasteiger partial charge on any atom is -0.497 e. The molecule has 2 unspecified atom stereocenters. The molecular weight excluding hydrogens is 596 g/mol. The summed E-state index contributed by atoms with van der Waals surface area (Å²) in [7, 11) is 3.35. The lowest BCUT2D eigenvalue weighted by atomic mass is 9.92. The summed E-state index contributed by atoms with van der Waals surface area (Å²) in [5.41, 5.74) is 1.18. The number of aliphatic hydroxyl groups excluding tert-OH is 1. The standard InChI is InChI=1S/C30H40N2O11S/c1-31(20-28(39-3)40-4)29(34)26-18-23(21-6-8-22(9-7-21)30(35)41-5)19-27(43-26)42-17-15-32(14-16-33)44(36,37)25-12-10-24(38-2)11-13-25/h6-13,18,23,27-28,33H,14-17,19-20H2,1-5H3. The molecule has 0 saturated heterocycles. The molecule has 1 amide bonds. The van der Waals surface area contributed by atoms with Crippen LogP contribution in [0.3, 0.4) is 0 Å². The maximum atomic E-state index is 13.4. The average molecular weight is 637 g/mol. The Morgan fingerprint density at radius 2 is 1.66 bits per heavy atom. The van der Waals surface area contributed by atoms with Crippen molar-refractivity contribution < 1.29 is 51.5 Å². The van der Waals surface area contributed by atoms with E-state index in [1.807, 2.05) is 0 Å². The second-order valence-electron chi connectivity index (χ2n) is 9.79. The maximum Gasteiger partial charge on any atom is 0.337 e. The zero-order valence-electron chi connectivity index (χ0n) is 25.5. The molecule has 0 aromatic heterocycles. The predicted molar refractivity (Wildman–Crippen MR) is 158 cm³/mol. The summed E-state index contributed by atoms with van der Waals surface area (Å²) in [4.78, 5) is 26.7. The first-order chi connectivity index (χ1) is 21.1. The highest BCUT2D eigenvalue weighted by Crippen LogP contribution is 2.32. The molecule has 0 aliphatic carbocycles. The van der Waals surface area contributed by atoms with E-state index in [2.05, 4.69) is 0 Å². The number of sulfonamides is 1. The molecule has 2 aromatic carbocycles. The van der Waals surface area contributed by atoms with E-state index in [0.29, 0.717) is 17.7 Å². The first-order valence-electron chi connectivity index (χ1n) is 13.8. The van der Waals surface area contributed by atoms with Crippen molar-refractivity contribution in [3.05, 3.63) is 71.5 Å². The molecule has 14 heteroatoms. The van der Waals surface area contributed by atoms with Gasteiger partial charge < -0.3 is 38.4 Å². The first-order valence-corrected chi connectivity index (χ1v) is 15.3. The van der Waals surface area contributed by atoms with E-state index in [-0.39, 0.29) is 42.8 Å². The van der Waals surface area contributed by atoms with Crippen molar-refractivity contribution in [3.63, 3.8) is 0 Å². The van der Waals surface area contributed by atoms with Gasteiger partial charge in [0.2, 0.25) is 16.3 Å². The molecule has 13 nitrogen and oxygen atoms in total. The van der Waals surface area contributed by atoms with Gasteiger partial charge in [0.1, 0.15) is 5.75 Å². The van der Waals surface area contributed by atoms with Crippen molar-refractivity contribution >= 4 is 21.9 Å². The predicted octanol–water partition coefficient (Wildman–Crippen LogP) is 1.97. The van der Waals surface area contributed by atoms with Crippen LogP contribution in [0.5, 0.6) is 5.75 Å². The summed E-state index contributed by atoms with van der Waals surface area (Å²) in [5, 5.41) is 9.57. The molecule has 2 atom stereocenters.